The number of pyridine rings is 1. The molecule has 3 N–H and O–H groups in total. The second kappa shape index (κ2) is 5.77. The van der Waals surface area contributed by atoms with E-state index in [0.717, 1.165) is 34.6 Å². The maximum Gasteiger partial charge on any atom is 0.309 e. The van der Waals surface area contributed by atoms with E-state index in [0.29, 0.717) is 13.1 Å². The minimum absolute atomic E-state index is 0.233. The summed E-state index contributed by atoms with van der Waals surface area (Å²) in [5, 5.41) is 8.93. The molecule has 2 aromatic rings. The summed E-state index contributed by atoms with van der Waals surface area (Å²) in [6, 6.07) is 10.0. The fourth-order valence-electron chi connectivity index (χ4n) is 2.81. The van der Waals surface area contributed by atoms with Crippen molar-refractivity contribution in [2.45, 2.75) is 13.5 Å². The number of carboxylic acid groups (broad SMARTS) is 1. The number of hydrogen-bond donors (Lipinski definition) is 2. The van der Waals surface area contributed by atoms with Crippen LogP contribution in [0.25, 0.3) is 11.1 Å². The smallest absolute Gasteiger partial charge is 0.309 e. The van der Waals surface area contributed by atoms with E-state index in [1.54, 1.807) is 6.20 Å². The number of rotatable bonds is 4. The van der Waals surface area contributed by atoms with Gasteiger partial charge in [0, 0.05) is 37.2 Å². The first-order chi connectivity index (χ1) is 10.5. The molecule has 114 valence electrons. The SMILES string of the molecule is Cc1cc(-c2cc(N)cc(CN3CC(C(=O)O)C3)c2)ccn1. The zero-order chi connectivity index (χ0) is 15.7. The number of carboxylic acids is 1. The first-order valence-electron chi connectivity index (χ1n) is 7.29. The summed E-state index contributed by atoms with van der Waals surface area (Å²) >= 11 is 0. The maximum atomic E-state index is 10.9. The van der Waals surface area contributed by atoms with Gasteiger partial charge in [0.15, 0.2) is 0 Å². The molecule has 1 aliphatic rings. The average molecular weight is 297 g/mol. The van der Waals surface area contributed by atoms with Crippen LogP contribution in [0.5, 0.6) is 0 Å². The van der Waals surface area contributed by atoms with Crippen molar-refractivity contribution < 1.29 is 9.90 Å². The third-order valence-corrected chi connectivity index (χ3v) is 3.96. The Morgan fingerprint density at radius 2 is 2.09 bits per heavy atom. The second-order valence-corrected chi connectivity index (χ2v) is 5.88. The Kier molecular flexibility index (Phi) is 3.81. The van der Waals surface area contributed by atoms with E-state index in [4.69, 9.17) is 10.8 Å². The monoisotopic (exact) mass is 297 g/mol. The normalized spacial score (nSPS) is 15.5. The highest BCUT2D eigenvalue weighted by Gasteiger charge is 2.32. The van der Waals surface area contributed by atoms with E-state index in [-0.39, 0.29) is 5.92 Å². The van der Waals surface area contributed by atoms with Gasteiger partial charge in [0.05, 0.1) is 5.92 Å². The number of nitrogen functional groups attached to an aromatic ring is 1. The van der Waals surface area contributed by atoms with Crippen LogP contribution in [0.3, 0.4) is 0 Å². The molecule has 1 aromatic carbocycles. The van der Waals surface area contributed by atoms with E-state index in [9.17, 15) is 4.79 Å². The number of hydrogen-bond acceptors (Lipinski definition) is 4. The van der Waals surface area contributed by atoms with E-state index >= 15 is 0 Å². The molecular formula is C17H19N3O2. The molecule has 0 unspecified atom stereocenters. The van der Waals surface area contributed by atoms with Gasteiger partial charge >= 0.3 is 5.97 Å². The van der Waals surface area contributed by atoms with Crippen molar-refractivity contribution >= 4 is 11.7 Å². The Bertz CT molecular complexity index is 709. The lowest BCUT2D eigenvalue weighted by Crippen LogP contribution is -2.49. The van der Waals surface area contributed by atoms with Crippen molar-refractivity contribution in [1.29, 1.82) is 0 Å². The molecule has 1 aliphatic heterocycles. The molecule has 0 atom stereocenters. The zero-order valence-electron chi connectivity index (χ0n) is 12.5. The van der Waals surface area contributed by atoms with E-state index in [1.165, 1.54) is 0 Å². The standard InChI is InChI=1S/C17H19N3O2/c1-11-4-13(2-3-19-11)14-5-12(6-16(18)7-14)8-20-9-15(10-20)17(21)22/h2-7,15H,8-10,18H2,1H3,(H,21,22). The van der Waals surface area contributed by atoms with Crippen LogP contribution in [-0.2, 0) is 11.3 Å². The minimum Gasteiger partial charge on any atom is -0.481 e. The van der Waals surface area contributed by atoms with E-state index < -0.39 is 5.97 Å². The van der Waals surface area contributed by atoms with Crippen LogP contribution in [0.15, 0.2) is 36.5 Å². The Balaban J connectivity index is 1.78. The molecule has 3 rings (SSSR count). The molecule has 5 heteroatoms. The lowest BCUT2D eigenvalue weighted by molar-refractivity contribution is -0.147. The highest BCUT2D eigenvalue weighted by atomic mass is 16.4. The molecule has 22 heavy (non-hydrogen) atoms. The fraction of sp³-hybridized carbons (Fsp3) is 0.294. The average Bonchev–Trinajstić information content (AvgIpc) is 2.41. The minimum atomic E-state index is -0.711. The summed E-state index contributed by atoms with van der Waals surface area (Å²) in [6.07, 6.45) is 1.79. The van der Waals surface area contributed by atoms with Crippen LogP contribution in [0.4, 0.5) is 5.69 Å². The van der Waals surface area contributed by atoms with Gasteiger partial charge in [-0.25, -0.2) is 0 Å². The number of anilines is 1. The topological polar surface area (TPSA) is 79.5 Å². The summed E-state index contributed by atoms with van der Waals surface area (Å²) in [6.45, 7) is 3.90. The lowest BCUT2D eigenvalue weighted by atomic mass is 9.98. The predicted molar refractivity (Wildman–Crippen MR) is 85.2 cm³/mol. The van der Waals surface area contributed by atoms with Crippen molar-refractivity contribution in [3.8, 4) is 11.1 Å². The highest BCUT2D eigenvalue weighted by molar-refractivity contribution is 5.71. The van der Waals surface area contributed by atoms with Crippen molar-refractivity contribution in [3.05, 3.63) is 47.8 Å². The van der Waals surface area contributed by atoms with Gasteiger partial charge in [-0.05, 0) is 53.9 Å². The number of aliphatic carboxylic acids is 1. The van der Waals surface area contributed by atoms with Gasteiger partial charge in [-0.15, -0.1) is 0 Å². The molecule has 2 heterocycles. The van der Waals surface area contributed by atoms with Crippen molar-refractivity contribution in [3.63, 3.8) is 0 Å². The largest absolute Gasteiger partial charge is 0.481 e. The van der Waals surface area contributed by atoms with Gasteiger partial charge < -0.3 is 10.8 Å². The van der Waals surface area contributed by atoms with Crippen LogP contribution in [-0.4, -0.2) is 34.0 Å². The number of carbonyl (C=O) groups is 1. The van der Waals surface area contributed by atoms with Gasteiger partial charge in [-0.2, -0.15) is 0 Å². The number of aromatic nitrogens is 1. The summed E-state index contributed by atoms with van der Waals surface area (Å²) in [4.78, 5) is 17.2. The fourth-order valence-corrected chi connectivity index (χ4v) is 2.81. The second-order valence-electron chi connectivity index (χ2n) is 5.88. The highest BCUT2D eigenvalue weighted by Crippen LogP contribution is 2.26. The van der Waals surface area contributed by atoms with Crippen LogP contribution >= 0.6 is 0 Å². The van der Waals surface area contributed by atoms with Gasteiger partial charge in [-0.1, -0.05) is 0 Å². The summed E-state index contributed by atoms with van der Waals surface area (Å²) in [5.74, 6) is -0.944. The van der Waals surface area contributed by atoms with Gasteiger partial charge in [0.2, 0.25) is 0 Å². The molecule has 0 spiro atoms. The molecule has 5 nitrogen and oxygen atoms in total. The summed E-state index contributed by atoms with van der Waals surface area (Å²) in [5.41, 5.74) is 11.0. The van der Waals surface area contributed by atoms with Gasteiger partial charge in [0.1, 0.15) is 0 Å². The summed E-state index contributed by atoms with van der Waals surface area (Å²) in [7, 11) is 0. The first kappa shape index (κ1) is 14.5. The zero-order valence-corrected chi connectivity index (χ0v) is 12.5. The molecular weight excluding hydrogens is 278 g/mol. The number of aryl methyl sites for hydroxylation is 1. The van der Waals surface area contributed by atoms with Crippen LogP contribution in [0, 0.1) is 12.8 Å². The summed E-state index contributed by atoms with van der Waals surface area (Å²) < 4.78 is 0. The molecule has 0 amide bonds. The molecule has 0 aliphatic carbocycles. The quantitative estimate of drug-likeness (QED) is 0.845. The molecule has 0 bridgehead atoms. The predicted octanol–water partition coefficient (Wildman–Crippen LogP) is 2.16. The lowest BCUT2D eigenvalue weighted by Gasteiger charge is -2.36. The van der Waals surface area contributed by atoms with Crippen LogP contribution < -0.4 is 5.73 Å². The van der Waals surface area contributed by atoms with Crippen molar-refractivity contribution in [2.75, 3.05) is 18.8 Å². The number of benzene rings is 1. The third-order valence-electron chi connectivity index (χ3n) is 3.96. The Labute approximate surface area is 129 Å². The maximum absolute atomic E-state index is 10.9. The molecule has 0 saturated carbocycles. The van der Waals surface area contributed by atoms with E-state index in [1.807, 2.05) is 31.2 Å². The Morgan fingerprint density at radius 3 is 2.77 bits per heavy atom. The molecule has 0 radical (unpaired) electrons. The number of likely N-dealkylation sites (tertiary alicyclic amines) is 1. The number of nitrogens with two attached hydrogens (primary N) is 1. The van der Waals surface area contributed by atoms with Gasteiger partial charge in [-0.3, -0.25) is 14.7 Å². The van der Waals surface area contributed by atoms with Crippen LogP contribution in [0.1, 0.15) is 11.3 Å². The van der Waals surface area contributed by atoms with Crippen LogP contribution in [0.2, 0.25) is 0 Å². The molecule has 1 fully saturated rings. The van der Waals surface area contributed by atoms with E-state index in [2.05, 4.69) is 16.0 Å². The Hall–Kier alpha value is -2.40. The Morgan fingerprint density at radius 1 is 1.32 bits per heavy atom. The molecule has 1 saturated heterocycles. The van der Waals surface area contributed by atoms with Crippen molar-refractivity contribution in [2.24, 2.45) is 5.92 Å². The molecule has 1 aromatic heterocycles. The van der Waals surface area contributed by atoms with Gasteiger partial charge in [0.25, 0.3) is 0 Å². The first-order valence-corrected chi connectivity index (χ1v) is 7.29. The van der Waals surface area contributed by atoms with Crippen molar-refractivity contribution in [1.82, 2.24) is 9.88 Å². The third kappa shape index (κ3) is 3.09. The number of nitrogens with zero attached hydrogens (tertiary/aromatic N) is 2.